The van der Waals surface area contributed by atoms with Crippen LogP contribution in [-0.2, 0) is 0 Å². The first-order valence-electron chi connectivity index (χ1n) is 7.13. The Morgan fingerprint density at radius 3 is 2.35 bits per heavy atom. The zero-order valence-corrected chi connectivity index (χ0v) is 12.3. The van der Waals surface area contributed by atoms with E-state index in [-0.39, 0.29) is 0 Å². The van der Waals surface area contributed by atoms with Crippen molar-refractivity contribution in [2.45, 2.75) is 33.1 Å². The Morgan fingerprint density at radius 2 is 1.82 bits per heavy atom. The van der Waals surface area contributed by atoms with Gasteiger partial charge in [0, 0.05) is 26.2 Å². The van der Waals surface area contributed by atoms with Crippen LogP contribution in [-0.4, -0.2) is 63.2 Å². The predicted octanol–water partition coefficient (Wildman–Crippen LogP) is 1.65. The second kappa shape index (κ2) is 7.34. The maximum Gasteiger partial charge on any atom is 0.0107 e. The molecule has 1 aliphatic rings. The molecule has 3 heteroatoms. The van der Waals surface area contributed by atoms with Crippen molar-refractivity contribution in [1.29, 1.82) is 0 Å². The fraction of sp³-hybridized carbons (Fsp3) is 1.00. The van der Waals surface area contributed by atoms with Crippen molar-refractivity contribution in [3.05, 3.63) is 0 Å². The second-order valence-electron chi connectivity index (χ2n) is 6.06. The Labute approximate surface area is 108 Å². The molecular formula is C14H31N3. The Kier molecular flexibility index (Phi) is 6.45. The van der Waals surface area contributed by atoms with Crippen molar-refractivity contribution in [1.82, 2.24) is 15.1 Å². The van der Waals surface area contributed by atoms with Crippen molar-refractivity contribution in [2.24, 2.45) is 5.41 Å². The molecule has 0 atom stereocenters. The molecule has 3 nitrogen and oxygen atoms in total. The first-order chi connectivity index (χ1) is 8.06. The number of rotatable bonds is 7. The van der Waals surface area contributed by atoms with Crippen LogP contribution in [0.15, 0.2) is 0 Å². The van der Waals surface area contributed by atoms with E-state index < -0.39 is 0 Å². The number of hydrogen-bond donors (Lipinski definition) is 1. The molecule has 1 N–H and O–H groups in total. The number of likely N-dealkylation sites (N-methyl/N-ethyl adjacent to an activating group) is 1. The van der Waals surface area contributed by atoms with Gasteiger partial charge in [-0.15, -0.1) is 0 Å². The number of piperidine rings is 1. The molecule has 0 aromatic rings. The average molecular weight is 241 g/mol. The molecule has 1 fully saturated rings. The third kappa shape index (κ3) is 5.84. The van der Waals surface area contributed by atoms with Crippen LogP contribution >= 0.6 is 0 Å². The number of likely N-dealkylation sites (tertiary alicyclic amines) is 1. The largest absolute Gasteiger partial charge is 0.314 e. The van der Waals surface area contributed by atoms with Crippen LogP contribution < -0.4 is 5.32 Å². The third-order valence-electron chi connectivity index (χ3n) is 4.26. The van der Waals surface area contributed by atoms with Crippen molar-refractivity contribution in [2.75, 3.05) is 53.4 Å². The maximum absolute atomic E-state index is 3.52. The molecule has 102 valence electrons. The Balaban J connectivity index is 2.03. The van der Waals surface area contributed by atoms with Gasteiger partial charge in [0.2, 0.25) is 0 Å². The molecule has 1 heterocycles. The quantitative estimate of drug-likeness (QED) is 0.684. The standard InChI is InChI=1S/C14H31N3/c1-5-14(2)6-10-17(11-7-14)13-9-15-8-12-16(3)4/h15H,5-13H2,1-4H3. The molecule has 0 radical (unpaired) electrons. The highest BCUT2D eigenvalue weighted by Gasteiger charge is 2.27. The zero-order valence-electron chi connectivity index (χ0n) is 12.3. The van der Waals surface area contributed by atoms with Gasteiger partial charge in [-0.2, -0.15) is 0 Å². The van der Waals surface area contributed by atoms with E-state index in [9.17, 15) is 0 Å². The summed E-state index contributed by atoms with van der Waals surface area (Å²) in [5.74, 6) is 0. The van der Waals surface area contributed by atoms with Gasteiger partial charge in [-0.05, 0) is 45.4 Å². The summed E-state index contributed by atoms with van der Waals surface area (Å²) in [5.41, 5.74) is 0.620. The van der Waals surface area contributed by atoms with E-state index in [1.807, 2.05) is 0 Å². The molecule has 1 aliphatic heterocycles. The minimum Gasteiger partial charge on any atom is -0.314 e. The van der Waals surface area contributed by atoms with Crippen molar-refractivity contribution >= 4 is 0 Å². The van der Waals surface area contributed by atoms with Crippen molar-refractivity contribution in [3.8, 4) is 0 Å². The van der Waals surface area contributed by atoms with Crippen LogP contribution in [0.2, 0.25) is 0 Å². The molecule has 17 heavy (non-hydrogen) atoms. The van der Waals surface area contributed by atoms with Gasteiger partial charge >= 0.3 is 0 Å². The minimum atomic E-state index is 0.620. The lowest BCUT2D eigenvalue weighted by Crippen LogP contribution is -2.42. The predicted molar refractivity (Wildman–Crippen MR) is 75.5 cm³/mol. The van der Waals surface area contributed by atoms with Gasteiger partial charge < -0.3 is 15.1 Å². The summed E-state index contributed by atoms with van der Waals surface area (Å²) in [6.07, 6.45) is 4.09. The van der Waals surface area contributed by atoms with E-state index in [0.29, 0.717) is 5.41 Å². The van der Waals surface area contributed by atoms with E-state index in [2.05, 4.69) is 43.1 Å². The molecule has 0 amide bonds. The first-order valence-corrected chi connectivity index (χ1v) is 7.13. The third-order valence-corrected chi connectivity index (χ3v) is 4.26. The molecule has 0 aliphatic carbocycles. The molecule has 0 spiro atoms. The van der Waals surface area contributed by atoms with Gasteiger partial charge in [0.05, 0.1) is 0 Å². The Bertz CT molecular complexity index is 196. The van der Waals surface area contributed by atoms with Crippen LogP contribution in [0, 0.1) is 5.41 Å². The molecule has 1 saturated heterocycles. The van der Waals surface area contributed by atoms with E-state index >= 15 is 0 Å². The summed E-state index contributed by atoms with van der Waals surface area (Å²) in [5, 5.41) is 3.52. The molecule has 0 aromatic carbocycles. The van der Waals surface area contributed by atoms with Gasteiger partial charge in [-0.25, -0.2) is 0 Å². The van der Waals surface area contributed by atoms with Crippen LogP contribution in [0.25, 0.3) is 0 Å². The number of nitrogens with zero attached hydrogens (tertiary/aromatic N) is 2. The first kappa shape index (κ1) is 14.9. The van der Waals surface area contributed by atoms with Crippen LogP contribution in [0.4, 0.5) is 0 Å². The molecule has 0 aromatic heterocycles. The topological polar surface area (TPSA) is 18.5 Å². The molecular weight excluding hydrogens is 210 g/mol. The summed E-state index contributed by atoms with van der Waals surface area (Å²) in [4.78, 5) is 4.83. The zero-order chi connectivity index (χ0) is 12.7. The fourth-order valence-corrected chi connectivity index (χ4v) is 2.33. The summed E-state index contributed by atoms with van der Waals surface area (Å²) in [7, 11) is 4.25. The lowest BCUT2D eigenvalue weighted by molar-refractivity contribution is 0.115. The van der Waals surface area contributed by atoms with Crippen molar-refractivity contribution in [3.63, 3.8) is 0 Å². The lowest BCUT2D eigenvalue weighted by Gasteiger charge is -2.39. The Hall–Kier alpha value is -0.120. The number of hydrogen-bond acceptors (Lipinski definition) is 3. The number of nitrogens with one attached hydrogen (secondary N) is 1. The van der Waals surface area contributed by atoms with Gasteiger partial charge in [0.1, 0.15) is 0 Å². The summed E-state index contributed by atoms with van der Waals surface area (Å²) >= 11 is 0. The highest BCUT2D eigenvalue weighted by atomic mass is 15.1. The normalized spacial score (nSPS) is 21.0. The molecule has 0 saturated carbocycles. The highest BCUT2D eigenvalue weighted by molar-refractivity contribution is 4.81. The summed E-state index contributed by atoms with van der Waals surface area (Å²) < 4.78 is 0. The molecule has 1 rings (SSSR count). The molecule has 0 unspecified atom stereocenters. The van der Waals surface area contributed by atoms with Crippen LogP contribution in [0.5, 0.6) is 0 Å². The molecule has 0 bridgehead atoms. The van der Waals surface area contributed by atoms with Crippen molar-refractivity contribution < 1.29 is 0 Å². The van der Waals surface area contributed by atoms with Gasteiger partial charge in [0.15, 0.2) is 0 Å². The van der Waals surface area contributed by atoms with Gasteiger partial charge in [-0.1, -0.05) is 20.3 Å². The van der Waals surface area contributed by atoms with E-state index in [4.69, 9.17) is 0 Å². The summed E-state index contributed by atoms with van der Waals surface area (Å²) in [6, 6.07) is 0. The van der Waals surface area contributed by atoms with Crippen LogP contribution in [0.3, 0.4) is 0 Å². The SMILES string of the molecule is CCC1(C)CCN(CCNCCN(C)C)CC1. The van der Waals surface area contributed by atoms with Gasteiger partial charge in [-0.3, -0.25) is 0 Å². The monoisotopic (exact) mass is 241 g/mol. The van der Waals surface area contributed by atoms with Gasteiger partial charge in [0.25, 0.3) is 0 Å². The highest BCUT2D eigenvalue weighted by Crippen LogP contribution is 2.33. The smallest absolute Gasteiger partial charge is 0.0107 e. The van der Waals surface area contributed by atoms with E-state index in [1.54, 1.807) is 0 Å². The lowest BCUT2D eigenvalue weighted by atomic mass is 9.78. The van der Waals surface area contributed by atoms with E-state index in [0.717, 1.165) is 19.6 Å². The Morgan fingerprint density at radius 1 is 1.18 bits per heavy atom. The van der Waals surface area contributed by atoms with E-state index in [1.165, 1.54) is 38.9 Å². The minimum absolute atomic E-state index is 0.620. The maximum atomic E-state index is 3.52. The average Bonchev–Trinajstić information content (AvgIpc) is 2.31. The fourth-order valence-electron chi connectivity index (χ4n) is 2.33. The van der Waals surface area contributed by atoms with Crippen LogP contribution in [0.1, 0.15) is 33.1 Å². The second-order valence-corrected chi connectivity index (χ2v) is 6.06. The summed E-state index contributed by atoms with van der Waals surface area (Å²) in [6.45, 7) is 11.9.